The molecule has 5 nitrogen and oxygen atoms in total. The maximum Gasteiger partial charge on any atom is 0.127 e. The minimum Gasteiger partial charge on any atom is -0.381 e. The van der Waals surface area contributed by atoms with Crippen molar-refractivity contribution in [2.24, 2.45) is 5.41 Å². The van der Waals surface area contributed by atoms with Gasteiger partial charge in [-0.15, -0.1) is 0 Å². The Kier molecular flexibility index (Phi) is 3.03. The minimum atomic E-state index is 0.301. The fourth-order valence-corrected chi connectivity index (χ4v) is 3.04. The molecule has 5 heteroatoms. The molecule has 0 bridgehead atoms. The van der Waals surface area contributed by atoms with Crippen LogP contribution in [0.15, 0.2) is 12.3 Å². The van der Waals surface area contributed by atoms with Gasteiger partial charge in [0.2, 0.25) is 0 Å². The second-order valence-electron chi connectivity index (χ2n) is 5.42. The molecule has 2 aliphatic rings. The Morgan fingerprint density at radius 1 is 1.53 bits per heavy atom. The predicted molar refractivity (Wildman–Crippen MR) is 73.2 cm³/mol. The fourth-order valence-electron chi connectivity index (χ4n) is 3.04. The first-order chi connectivity index (χ1) is 9.26. The fraction of sp³-hybridized carbons (Fsp3) is 0.571. The van der Waals surface area contributed by atoms with E-state index in [0.717, 1.165) is 50.7 Å². The van der Waals surface area contributed by atoms with Crippen LogP contribution in [-0.4, -0.2) is 38.3 Å². The molecule has 0 aromatic carbocycles. The molecule has 0 amide bonds. The average Bonchev–Trinajstić information content (AvgIpc) is 3.09. The van der Waals surface area contributed by atoms with Gasteiger partial charge in [-0.2, -0.15) is 5.26 Å². The first-order valence-electron chi connectivity index (χ1n) is 6.67. The summed E-state index contributed by atoms with van der Waals surface area (Å²) in [6.45, 7) is 3.70. The zero-order valence-corrected chi connectivity index (χ0v) is 11.1. The van der Waals surface area contributed by atoms with Crippen molar-refractivity contribution in [2.45, 2.75) is 12.8 Å². The van der Waals surface area contributed by atoms with Crippen molar-refractivity contribution >= 4 is 11.5 Å². The molecule has 0 radical (unpaired) electrons. The minimum absolute atomic E-state index is 0.301. The van der Waals surface area contributed by atoms with E-state index in [-0.39, 0.29) is 0 Å². The largest absolute Gasteiger partial charge is 0.381 e. The number of pyridine rings is 1. The Bertz CT molecular complexity index is 517. The van der Waals surface area contributed by atoms with Crippen molar-refractivity contribution in [2.75, 3.05) is 43.6 Å². The Hall–Kier alpha value is -1.80. The van der Waals surface area contributed by atoms with Gasteiger partial charge in [0.1, 0.15) is 11.9 Å². The highest BCUT2D eigenvalue weighted by atomic mass is 16.5. The molecule has 1 aromatic heterocycles. The van der Waals surface area contributed by atoms with E-state index >= 15 is 0 Å². The van der Waals surface area contributed by atoms with Crippen LogP contribution in [-0.2, 0) is 4.74 Å². The van der Waals surface area contributed by atoms with Crippen LogP contribution in [0.25, 0.3) is 0 Å². The summed E-state index contributed by atoms with van der Waals surface area (Å²) in [5.41, 5.74) is 1.94. The summed E-state index contributed by atoms with van der Waals surface area (Å²) in [6.07, 6.45) is 3.93. The van der Waals surface area contributed by atoms with Gasteiger partial charge in [0.25, 0.3) is 0 Å². The number of hydrogen-bond donors (Lipinski definition) is 1. The summed E-state index contributed by atoms with van der Waals surface area (Å²) in [7, 11) is 1.84. The third-order valence-corrected chi connectivity index (χ3v) is 4.22. The van der Waals surface area contributed by atoms with Gasteiger partial charge in [-0.25, -0.2) is 4.98 Å². The number of nitrogens with zero attached hydrogens (tertiary/aromatic N) is 3. The number of rotatable bonds is 2. The van der Waals surface area contributed by atoms with Gasteiger partial charge in [-0.05, 0) is 12.8 Å². The normalized spacial score (nSPS) is 25.8. The number of aromatic nitrogens is 1. The van der Waals surface area contributed by atoms with Crippen molar-refractivity contribution in [1.82, 2.24) is 4.98 Å². The Labute approximate surface area is 113 Å². The van der Waals surface area contributed by atoms with E-state index in [4.69, 9.17) is 4.74 Å². The van der Waals surface area contributed by atoms with Gasteiger partial charge < -0.3 is 15.0 Å². The number of nitriles is 1. The van der Waals surface area contributed by atoms with E-state index < -0.39 is 0 Å². The summed E-state index contributed by atoms with van der Waals surface area (Å²) < 4.78 is 5.55. The molecule has 3 heterocycles. The molecule has 3 rings (SSSR count). The van der Waals surface area contributed by atoms with Gasteiger partial charge in [0, 0.05) is 44.4 Å². The van der Waals surface area contributed by atoms with Crippen LogP contribution in [0, 0.1) is 16.7 Å². The molecular formula is C14H18N4O. The van der Waals surface area contributed by atoms with E-state index in [1.807, 2.05) is 13.1 Å². The molecule has 1 aromatic rings. The van der Waals surface area contributed by atoms with Crippen LogP contribution in [0.1, 0.15) is 18.4 Å². The lowest BCUT2D eigenvalue weighted by molar-refractivity contribution is 0.160. The monoisotopic (exact) mass is 258 g/mol. The molecule has 100 valence electrons. The van der Waals surface area contributed by atoms with E-state index in [1.54, 1.807) is 6.20 Å². The number of anilines is 2. The predicted octanol–water partition coefficient (Wildman–Crippen LogP) is 1.61. The lowest BCUT2D eigenvalue weighted by Gasteiger charge is -2.24. The number of hydrogen-bond acceptors (Lipinski definition) is 5. The molecule has 0 aliphatic carbocycles. The maximum atomic E-state index is 9.24. The van der Waals surface area contributed by atoms with Crippen LogP contribution in [0.2, 0.25) is 0 Å². The van der Waals surface area contributed by atoms with E-state index in [2.05, 4.69) is 21.3 Å². The van der Waals surface area contributed by atoms with Crippen molar-refractivity contribution < 1.29 is 4.74 Å². The maximum absolute atomic E-state index is 9.24. The molecular weight excluding hydrogens is 240 g/mol. The van der Waals surface area contributed by atoms with Gasteiger partial charge in [0.05, 0.1) is 17.9 Å². The van der Waals surface area contributed by atoms with Gasteiger partial charge in [-0.3, -0.25) is 0 Å². The van der Waals surface area contributed by atoms with Crippen LogP contribution in [0.5, 0.6) is 0 Å². The summed E-state index contributed by atoms with van der Waals surface area (Å²) >= 11 is 0. The third-order valence-electron chi connectivity index (χ3n) is 4.22. The highest BCUT2D eigenvalue weighted by Gasteiger charge is 2.41. The highest BCUT2D eigenvalue weighted by molar-refractivity contribution is 5.64. The SMILES string of the molecule is CNc1cc(N2CCC3(CCOC3)C2)c(C#N)cn1. The molecule has 1 atom stereocenters. The molecule has 1 spiro atoms. The van der Waals surface area contributed by atoms with E-state index in [1.165, 1.54) is 0 Å². The second-order valence-corrected chi connectivity index (χ2v) is 5.42. The topological polar surface area (TPSA) is 61.2 Å². The van der Waals surface area contributed by atoms with Crippen LogP contribution in [0.3, 0.4) is 0 Å². The molecule has 2 saturated heterocycles. The zero-order chi connectivity index (χ0) is 13.3. The quantitative estimate of drug-likeness (QED) is 0.873. The molecule has 1 unspecified atom stereocenters. The number of nitrogens with one attached hydrogen (secondary N) is 1. The smallest absolute Gasteiger partial charge is 0.127 e. The first-order valence-corrected chi connectivity index (χ1v) is 6.67. The summed E-state index contributed by atoms with van der Waals surface area (Å²) in [4.78, 5) is 6.51. The molecule has 0 saturated carbocycles. The summed E-state index contributed by atoms with van der Waals surface area (Å²) in [5, 5.41) is 12.3. The van der Waals surface area contributed by atoms with E-state index in [0.29, 0.717) is 11.0 Å². The van der Waals surface area contributed by atoms with Crippen LogP contribution in [0.4, 0.5) is 11.5 Å². The van der Waals surface area contributed by atoms with Crippen molar-refractivity contribution in [1.29, 1.82) is 5.26 Å². The average molecular weight is 258 g/mol. The molecule has 2 fully saturated rings. The molecule has 2 aliphatic heterocycles. The second kappa shape index (κ2) is 4.71. The molecule has 1 N–H and O–H groups in total. The standard InChI is InChI=1S/C14H18N4O/c1-16-13-6-12(11(7-15)8-17-13)18-4-2-14(9-18)3-5-19-10-14/h6,8H,2-5,9-10H2,1H3,(H,16,17). The van der Waals surface area contributed by atoms with Gasteiger partial charge in [-0.1, -0.05) is 0 Å². The highest BCUT2D eigenvalue weighted by Crippen LogP contribution is 2.40. The van der Waals surface area contributed by atoms with Crippen LogP contribution >= 0.6 is 0 Å². The number of ether oxygens (including phenoxy) is 1. The van der Waals surface area contributed by atoms with E-state index in [9.17, 15) is 5.26 Å². The zero-order valence-electron chi connectivity index (χ0n) is 11.1. The lowest BCUT2D eigenvalue weighted by Crippen LogP contribution is -2.28. The van der Waals surface area contributed by atoms with Crippen LogP contribution < -0.4 is 10.2 Å². The van der Waals surface area contributed by atoms with Crippen molar-refractivity contribution in [3.05, 3.63) is 17.8 Å². The lowest BCUT2D eigenvalue weighted by atomic mass is 9.87. The summed E-state index contributed by atoms with van der Waals surface area (Å²) in [6, 6.07) is 4.21. The van der Waals surface area contributed by atoms with Crippen molar-refractivity contribution in [3.63, 3.8) is 0 Å². The van der Waals surface area contributed by atoms with Gasteiger partial charge in [0.15, 0.2) is 0 Å². The first kappa shape index (κ1) is 12.2. The Balaban J connectivity index is 1.88. The summed E-state index contributed by atoms with van der Waals surface area (Å²) in [5.74, 6) is 0.803. The Morgan fingerprint density at radius 2 is 2.42 bits per heavy atom. The Morgan fingerprint density at radius 3 is 3.11 bits per heavy atom. The third kappa shape index (κ3) is 2.13. The molecule has 19 heavy (non-hydrogen) atoms. The van der Waals surface area contributed by atoms with Crippen molar-refractivity contribution in [3.8, 4) is 6.07 Å². The van der Waals surface area contributed by atoms with Gasteiger partial charge >= 0.3 is 0 Å².